The fourth-order valence-electron chi connectivity index (χ4n) is 1.32. The summed E-state index contributed by atoms with van der Waals surface area (Å²) in [4.78, 5) is 10.6. The third-order valence-corrected chi connectivity index (χ3v) is 3.53. The van der Waals surface area contributed by atoms with Gasteiger partial charge in [-0.1, -0.05) is 41.9 Å². The zero-order chi connectivity index (χ0) is 7.61. The third kappa shape index (κ3) is 1.62. The van der Waals surface area contributed by atoms with E-state index in [1.54, 1.807) is 0 Å². The van der Waals surface area contributed by atoms with Gasteiger partial charge in [0, 0.05) is 0 Å². The largest absolute Gasteiger partial charge is 0.549 e. The van der Waals surface area contributed by atoms with Crippen molar-refractivity contribution < 1.29 is 9.90 Å². The Bertz CT molecular complexity index is 139. The Kier molecular flexibility index (Phi) is 2.55. The third-order valence-electron chi connectivity index (χ3n) is 2.01. The first-order chi connectivity index (χ1) is 4.65. The lowest BCUT2D eigenvalue weighted by molar-refractivity contribution is -0.309. The maximum Gasteiger partial charge on any atom is 0.0615 e. The number of carboxylic acid groups (broad SMARTS) is 1. The van der Waals surface area contributed by atoms with Gasteiger partial charge in [0.2, 0.25) is 0 Å². The highest BCUT2D eigenvalue weighted by atomic mass is 127. The van der Waals surface area contributed by atoms with Gasteiger partial charge in [-0.2, -0.15) is 0 Å². The van der Waals surface area contributed by atoms with E-state index in [9.17, 15) is 9.90 Å². The molecule has 3 heteroatoms. The molecule has 1 rings (SSSR count). The lowest BCUT2D eigenvalue weighted by Gasteiger charge is -2.32. The molecule has 0 aromatic heterocycles. The first-order valence-electron chi connectivity index (χ1n) is 3.55. The first-order valence-corrected chi connectivity index (χ1v) is 4.63. The summed E-state index contributed by atoms with van der Waals surface area (Å²) in [6.45, 7) is 0. The van der Waals surface area contributed by atoms with Crippen molar-refractivity contribution in [2.24, 2.45) is 0 Å². The number of aliphatic carboxylic acids is 1. The highest BCUT2D eigenvalue weighted by Crippen LogP contribution is 2.35. The summed E-state index contributed by atoms with van der Waals surface area (Å²) < 4.78 is -0.546. The van der Waals surface area contributed by atoms with E-state index in [2.05, 4.69) is 0 Å². The molecule has 0 aliphatic heterocycles. The molecule has 58 valence electrons. The van der Waals surface area contributed by atoms with Crippen LogP contribution in [0.5, 0.6) is 0 Å². The van der Waals surface area contributed by atoms with Crippen molar-refractivity contribution in [3.63, 3.8) is 0 Å². The van der Waals surface area contributed by atoms with Crippen LogP contribution in [0.2, 0.25) is 0 Å². The second kappa shape index (κ2) is 3.07. The number of carbonyl (C=O) groups excluding carboxylic acids is 1. The summed E-state index contributed by atoms with van der Waals surface area (Å²) in [5, 5.41) is 10.6. The minimum Gasteiger partial charge on any atom is -0.549 e. The van der Waals surface area contributed by atoms with E-state index in [1.807, 2.05) is 22.6 Å². The first kappa shape index (κ1) is 8.30. The van der Waals surface area contributed by atoms with E-state index >= 15 is 0 Å². The molecule has 0 heterocycles. The van der Waals surface area contributed by atoms with Crippen molar-refractivity contribution in [1.29, 1.82) is 0 Å². The van der Waals surface area contributed by atoms with Crippen LogP contribution in [0.1, 0.15) is 32.1 Å². The summed E-state index contributed by atoms with van der Waals surface area (Å²) >= 11 is 2.02. The summed E-state index contributed by atoms with van der Waals surface area (Å²) in [7, 11) is 0. The highest BCUT2D eigenvalue weighted by molar-refractivity contribution is 14.1. The van der Waals surface area contributed by atoms with Gasteiger partial charge in [0.25, 0.3) is 0 Å². The lowest BCUT2D eigenvalue weighted by atomic mass is 9.89. The summed E-state index contributed by atoms with van der Waals surface area (Å²) in [6.07, 6.45) is 4.83. The SMILES string of the molecule is O=C([O-])C1(I)CCCCC1. The van der Waals surface area contributed by atoms with Crippen molar-refractivity contribution in [2.75, 3.05) is 0 Å². The van der Waals surface area contributed by atoms with Crippen LogP contribution < -0.4 is 5.11 Å². The molecule has 0 spiro atoms. The van der Waals surface area contributed by atoms with Crippen LogP contribution in [0, 0.1) is 0 Å². The Labute approximate surface area is 74.1 Å². The Morgan fingerprint density at radius 3 is 2.10 bits per heavy atom. The van der Waals surface area contributed by atoms with E-state index in [-0.39, 0.29) is 0 Å². The quantitative estimate of drug-likeness (QED) is 0.514. The molecule has 1 fully saturated rings. The molecule has 1 saturated carbocycles. The average Bonchev–Trinajstić information content (AvgIpc) is 1.89. The summed E-state index contributed by atoms with van der Waals surface area (Å²) in [5.41, 5.74) is 0. The normalized spacial score (nSPS) is 24.1. The molecule has 0 amide bonds. The molecular formula is C7H10IO2-. The van der Waals surface area contributed by atoms with E-state index in [4.69, 9.17) is 0 Å². The molecule has 1 aliphatic carbocycles. The van der Waals surface area contributed by atoms with Gasteiger partial charge in [-0.25, -0.2) is 0 Å². The fourth-order valence-corrected chi connectivity index (χ4v) is 2.08. The molecule has 0 N–H and O–H groups in total. The Hall–Kier alpha value is 0.200. The van der Waals surface area contributed by atoms with Gasteiger partial charge in [0.1, 0.15) is 0 Å². The van der Waals surface area contributed by atoms with Gasteiger partial charge < -0.3 is 9.90 Å². The van der Waals surface area contributed by atoms with Crippen LogP contribution in [0.3, 0.4) is 0 Å². The zero-order valence-corrected chi connectivity index (χ0v) is 7.89. The maximum atomic E-state index is 10.6. The van der Waals surface area contributed by atoms with Gasteiger partial charge in [-0.3, -0.25) is 0 Å². The monoisotopic (exact) mass is 253 g/mol. The van der Waals surface area contributed by atoms with Crippen LogP contribution in [0.25, 0.3) is 0 Å². The van der Waals surface area contributed by atoms with Crippen molar-refractivity contribution >= 4 is 28.6 Å². The molecule has 2 nitrogen and oxygen atoms in total. The minimum absolute atomic E-state index is 0.546. The van der Waals surface area contributed by atoms with E-state index in [0.29, 0.717) is 0 Å². The van der Waals surface area contributed by atoms with Crippen molar-refractivity contribution in [3.05, 3.63) is 0 Å². The number of carboxylic acids is 1. The van der Waals surface area contributed by atoms with Gasteiger partial charge in [-0.05, 0) is 12.8 Å². The fraction of sp³-hybridized carbons (Fsp3) is 0.857. The smallest absolute Gasteiger partial charge is 0.0615 e. The molecule has 0 unspecified atom stereocenters. The molecule has 10 heavy (non-hydrogen) atoms. The van der Waals surface area contributed by atoms with Crippen molar-refractivity contribution in [1.82, 2.24) is 0 Å². The van der Waals surface area contributed by atoms with E-state index in [0.717, 1.165) is 25.7 Å². The zero-order valence-electron chi connectivity index (χ0n) is 5.73. The Balaban J connectivity index is 2.56. The van der Waals surface area contributed by atoms with Gasteiger partial charge in [0.15, 0.2) is 0 Å². The van der Waals surface area contributed by atoms with Crippen LogP contribution >= 0.6 is 22.6 Å². The molecule has 0 aromatic rings. The summed E-state index contributed by atoms with van der Waals surface area (Å²) in [6, 6.07) is 0. The molecule has 0 bridgehead atoms. The molecule has 0 saturated heterocycles. The number of halogens is 1. The Morgan fingerprint density at radius 1 is 1.30 bits per heavy atom. The standard InChI is InChI=1S/C7H11IO2/c8-7(6(9)10)4-2-1-3-5-7/h1-5H2,(H,9,10)/p-1. The molecule has 0 atom stereocenters. The average molecular weight is 253 g/mol. The van der Waals surface area contributed by atoms with Gasteiger partial charge in [-0.15, -0.1) is 0 Å². The predicted octanol–water partition coefficient (Wildman–Crippen LogP) is 0.874. The molecule has 1 aliphatic rings. The molecular weight excluding hydrogens is 243 g/mol. The minimum atomic E-state index is -0.882. The topological polar surface area (TPSA) is 40.1 Å². The van der Waals surface area contributed by atoms with E-state index < -0.39 is 9.39 Å². The molecule has 0 radical (unpaired) electrons. The Morgan fingerprint density at radius 2 is 1.80 bits per heavy atom. The second-order valence-corrected chi connectivity index (χ2v) is 4.88. The number of rotatable bonds is 1. The van der Waals surface area contributed by atoms with Gasteiger partial charge in [0.05, 0.1) is 9.39 Å². The predicted molar refractivity (Wildman–Crippen MR) is 44.8 cm³/mol. The van der Waals surface area contributed by atoms with Crippen molar-refractivity contribution in [3.8, 4) is 0 Å². The lowest BCUT2D eigenvalue weighted by Crippen LogP contribution is -2.44. The van der Waals surface area contributed by atoms with Crippen LogP contribution in [-0.4, -0.2) is 9.39 Å². The highest BCUT2D eigenvalue weighted by Gasteiger charge is 2.29. The molecule has 0 aromatic carbocycles. The number of hydrogen-bond donors (Lipinski definition) is 0. The number of carbonyl (C=O) groups is 1. The van der Waals surface area contributed by atoms with Crippen LogP contribution in [-0.2, 0) is 4.79 Å². The number of hydrogen-bond acceptors (Lipinski definition) is 2. The van der Waals surface area contributed by atoms with Crippen LogP contribution in [0.4, 0.5) is 0 Å². The second-order valence-electron chi connectivity index (χ2n) is 2.81. The van der Waals surface area contributed by atoms with Crippen LogP contribution in [0.15, 0.2) is 0 Å². The number of alkyl halides is 1. The maximum absolute atomic E-state index is 10.6. The summed E-state index contributed by atoms with van der Waals surface area (Å²) in [5.74, 6) is -0.882. The van der Waals surface area contributed by atoms with Gasteiger partial charge >= 0.3 is 0 Å². The van der Waals surface area contributed by atoms with Crippen molar-refractivity contribution in [2.45, 2.75) is 35.5 Å². The van der Waals surface area contributed by atoms with E-state index in [1.165, 1.54) is 6.42 Å².